The van der Waals surface area contributed by atoms with E-state index in [-0.39, 0.29) is 22.3 Å². The van der Waals surface area contributed by atoms with Crippen LogP contribution in [0, 0.1) is 0 Å². The minimum Gasteiger partial charge on any atom is -0.271 e. The molecule has 59 valence electrons. The number of imide groups is 1. The molecule has 2 unspecified atom stereocenters. The van der Waals surface area contributed by atoms with E-state index >= 15 is 0 Å². The molecule has 2 rings (SSSR count). The van der Waals surface area contributed by atoms with Crippen LogP contribution in [0.3, 0.4) is 0 Å². The minimum atomic E-state index is -0.225. The van der Waals surface area contributed by atoms with Gasteiger partial charge in [0.2, 0.25) is 0 Å². The molecule has 0 saturated carbocycles. The number of carbonyl (C=O) groups excluding carboxylic acids is 2. The second kappa shape index (κ2) is 2.71. The average Bonchev–Trinajstić information content (AvgIpc) is 2.30. The van der Waals surface area contributed by atoms with E-state index in [0.717, 1.165) is 11.5 Å². The van der Waals surface area contributed by atoms with Gasteiger partial charge >= 0.3 is 0 Å². The van der Waals surface area contributed by atoms with Crippen LogP contribution in [0.4, 0.5) is 0 Å². The second-order valence-electron chi connectivity index (χ2n) is 2.37. The maximum atomic E-state index is 11.0. The topological polar surface area (TPSA) is 48.2 Å². The highest BCUT2D eigenvalue weighted by Gasteiger charge is 2.45. The van der Waals surface area contributed by atoms with Crippen molar-refractivity contribution in [1.82, 2.24) is 5.32 Å². The Labute approximate surface area is 72.7 Å². The van der Waals surface area contributed by atoms with Gasteiger partial charge in [0.05, 0.1) is 0 Å². The summed E-state index contributed by atoms with van der Waals surface area (Å²) in [7, 11) is 0. The minimum absolute atomic E-state index is 0.166. The van der Waals surface area contributed by atoms with Crippen LogP contribution < -0.4 is 5.32 Å². The summed E-state index contributed by atoms with van der Waals surface area (Å²) in [5, 5.41) is 3.08. The lowest BCUT2D eigenvalue weighted by Gasteiger charge is -2.18. The van der Waals surface area contributed by atoms with Gasteiger partial charge < -0.3 is 0 Å². The Kier molecular flexibility index (Phi) is 1.85. The Morgan fingerprint density at radius 2 is 1.55 bits per heavy atom. The summed E-state index contributed by atoms with van der Waals surface area (Å²) in [5.74, 6) is 1.47. The first-order chi connectivity index (χ1) is 5.29. The summed E-state index contributed by atoms with van der Waals surface area (Å²) in [6.07, 6.45) is 0. The lowest BCUT2D eigenvalue weighted by atomic mass is 10.3. The molecule has 11 heavy (non-hydrogen) atoms. The van der Waals surface area contributed by atoms with E-state index in [2.05, 4.69) is 5.32 Å². The van der Waals surface area contributed by atoms with Gasteiger partial charge in [-0.25, -0.2) is 0 Å². The molecule has 3 nitrogen and oxygen atoms in total. The molecule has 2 saturated heterocycles. The molecule has 0 aromatic carbocycles. The van der Waals surface area contributed by atoms with E-state index in [1.165, 1.54) is 0 Å². The molecule has 0 aromatic rings. The van der Waals surface area contributed by atoms with E-state index in [4.69, 9.17) is 0 Å². The van der Waals surface area contributed by atoms with Crippen LogP contribution in [0.25, 0.3) is 0 Å². The summed E-state index contributed by atoms with van der Waals surface area (Å²) in [6.45, 7) is 0. The zero-order valence-electron chi connectivity index (χ0n) is 5.65. The van der Waals surface area contributed by atoms with Crippen molar-refractivity contribution in [3.8, 4) is 0 Å². The molecule has 5 heteroatoms. The third-order valence-electron chi connectivity index (χ3n) is 1.66. The number of carbonyl (C=O) groups is 2. The van der Waals surface area contributed by atoms with Crippen LogP contribution >= 0.6 is 23.5 Å². The maximum Gasteiger partial charge on any atom is 0.263 e. The van der Waals surface area contributed by atoms with Gasteiger partial charge in [-0.3, -0.25) is 9.59 Å². The Hall–Kier alpha value is -0.160. The first-order valence-corrected chi connectivity index (χ1v) is 5.41. The molecule has 2 heterocycles. The van der Waals surface area contributed by atoms with E-state index in [1.807, 2.05) is 0 Å². The maximum absolute atomic E-state index is 11.0. The number of hydrogen-bond acceptors (Lipinski definition) is 4. The van der Waals surface area contributed by atoms with E-state index in [1.54, 1.807) is 23.5 Å². The van der Waals surface area contributed by atoms with Gasteiger partial charge in [0.15, 0.2) is 0 Å². The predicted octanol–water partition coefficient (Wildman–Crippen LogP) is -0.125. The third-order valence-corrected chi connectivity index (χ3v) is 4.64. The molecule has 2 aliphatic heterocycles. The fourth-order valence-corrected chi connectivity index (χ4v) is 3.88. The first kappa shape index (κ1) is 7.49. The van der Waals surface area contributed by atoms with Crippen molar-refractivity contribution >= 4 is 35.3 Å². The number of thioether (sulfide) groups is 2. The standard InChI is InChI=1S/C6H6NO2S2/c8-5-3-4(6(9)7-5)11-2-1-10-3/h3-4H,1-2H2. The van der Waals surface area contributed by atoms with Gasteiger partial charge in [0.1, 0.15) is 10.5 Å². The average molecular weight is 188 g/mol. The number of amides is 2. The molecule has 2 aliphatic rings. The second-order valence-corrected chi connectivity index (χ2v) is 4.87. The SMILES string of the molecule is O=C1[N]C(=O)C2SCCSC12. The van der Waals surface area contributed by atoms with Gasteiger partial charge in [-0.05, 0) is 0 Å². The number of nitrogens with zero attached hydrogens (tertiary/aromatic N) is 1. The van der Waals surface area contributed by atoms with Gasteiger partial charge in [-0.2, -0.15) is 5.32 Å². The zero-order valence-corrected chi connectivity index (χ0v) is 7.28. The highest BCUT2D eigenvalue weighted by molar-refractivity contribution is 8.08. The summed E-state index contributed by atoms with van der Waals surface area (Å²) in [5.41, 5.74) is 0. The summed E-state index contributed by atoms with van der Waals surface area (Å²) < 4.78 is 0. The van der Waals surface area contributed by atoms with Gasteiger partial charge in [-0.1, -0.05) is 0 Å². The quantitative estimate of drug-likeness (QED) is 0.497. The van der Waals surface area contributed by atoms with E-state index in [0.29, 0.717) is 0 Å². The molecule has 2 fully saturated rings. The Bertz CT molecular complexity index is 197. The van der Waals surface area contributed by atoms with Crippen LogP contribution in [-0.2, 0) is 9.59 Å². The molecular formula is C6H6NO2S2. The summed E-state index contributed by atoms with van der Waals surface area (Å²) in [6, 6.07) is 0. The van der Waals surface area contributed by atoms with E-state index in [9.17, 15) is 9.59 Å². The Morgan fingerprint density at radius 1 is 1.09 bits per heavy atom. The van der Waals surface area contributed by atoms with Gasteiger partial charge in [0.25, 0.3) is 11.8 Å². The van der Waals surface area contributed by atoms with Crippen LogP contribution in [0.1, 0.15) is 0 Å². The Balaban J connectivity index is 2.19. The number of rotatable bonds is 0. The molecule has 0 spiro atoms. The number of fused-ring (bicyclic) bond motifs is 1. The van der Waals surface area contributed by atoms with Gasteiger partial charge in [-0.15, -0.1) is 23.5 Å². The van der Waals surface area contributed by atoms with Crippen molar-refractivity contribution in [2.75, 3.05) is 11.5 Å². The largest absolute Gasteiger partial charge is 0.271 e. The molecule has 0 N–H and O–H groups in total. The van der Waals surface area contributed by atoms with Crippen molar-refractivity contribution in [3.05, 3.63) is 0 Å². The molecule has 1 radical (unpaired) electrons. The van der Waals surface area contributed by atoms with Gasteiger partial charge in [0, 0.05) is 11.5 Å². The molecule has 2 amide bonds. The molecular weight excluding hydrogens is 182 g/mol. The smallest absolute Gasteiger partial charge is 0.263 e. The molecule has 2 atom stereocenters. The lowest BCUT2D eigenvalue weighted by Crippen LogP contribution is -2.27. The molecule has 0 bridgehead atoms. The Morgan fingerprint density at radius 3 is 2.00 bits per heavy atom. The third kappa shape index (κ3) is 1.16. The van der Waals surface area contributed by atoms with Crippen molar-refractivity contribution < 1.29 is 9.59 Å². The highest BCUT2D eigenvalue weighted by Crippen LogP contribution is 2.35. The van der Waals surface area contributed by atoms with Crippen molar-refractivity contribution in [1.29, 1.82) is 0 Å². The van der Waals surface area contributed by atoms with Crippen LogP contribution in [0.5, 0.6) is 0 Å². The first-order valence-electron chi connectivity index (χ1n) is 3.31. The highest BCUT2D eigenvalue weighted by atomic mass is 32.2. The predicted molar refractivity (Wildman–Crippen MR) is 44.6 cm³/mol. The fraction of sp³-hybridized carbons (Fsp3) is 0.667. The van der Waals surface area contributed by atoms with Crippen LogP contribution in [0.2, 0.25) is 0 Å². The zero-order chi connectivity index (χ0) is 7.84. The fourth-order valence-electron chi connectivity index (χ4n) is 1.16. The lowest BCUT2D eigenvalue weighted by molar-refractivity contribution is -0.125. The summed E-state index contributed by atoms with van der Waals surface area (Å²) in [4.78, 5) is 22.0. The van der Waals surface area contributed by atoms with Crippen LogP contribution in [-0.4, -0.2) is 33.8 Å². The van der Waals surface area contributed by atoms with Crippen molar-refractivity contribution in [2.45, 2.75) is 10.5 Å². The summed E-state index contributed by atoms with van der Waals surface area (Å²) >= 11 is 3.12. The van der Waals surface area contributed by atoms with Crippen molar-refractivity contribution in [2.24, 2.45) is 0 Å². The van der Waals surface area contributed by atoms with Crippen molar-refractivity contribution in [3.63, 3.8) is 0 Å². The number of hydrogen-bond donors (Lipinski definition) is 0. The normalized spacial score (nSPS) is 36.7. The van der Waals surface area contributed by atoms with E-state index < -0.39 is 0 Å². The molecule has 0 aliphatic carbocycles. The monoisotopic (exact) mass is 188 g/mol. The molecule has 0 aromatic heterocycles. The van der Waals surface area contributed by atoms with Crippen LogP contribution in [0.15, 0.2) is 0 Å².